The summed E-state index contributed by atoms with van der Waals surface area (Å²) in [4.78, 5) is 18.9. The number of hydrogen-bond donors (Lipinski definition) is 2. The SMILES string of the molecule is CC(C)Oc1cncc(NCCn2cc(C(=O)O)nn2)n1. The van der Waals surface area contributed by atoms with Gasteiger partial charge in [-0.25, -0.2) is 9.48 Å². The average molecular weight is 292 g/mol. The topological polar surface area (TPSA) is 115 Å². The zero-order valence-corrected chi connectivity index (χ0v) is 11.7. The summed E-state index contributed by atoms with van der Waals surface area (Å²) in [7, 11) is 0. The van der Waals surface area contributed by atoms with E-state index in [0.717, 1.165) is 0 Å². The first-order valence-electron chi connectivity index (χ1n) is 6.40. The fourth-order valence-corrected chi connectivity index (χ4v) is 1.54. The van der Waals surface area contributed by atoms with Gasteiger partial charge in [0.25, 0.3) is 0 Å². The van der Waals surface area contributed by atoms with Gasteiger partial charge in [0.15, 0.2) is 5.69 Å². The largest absolute Gasteiger partial charge is 0.476 e. The van der Waals surface area contributed by atoms with Crippen LogP contribution in [-0.4, -0.2) is 48.7 Å². The zero-order valence-electron chi connectivity index (χ0n) is 11.7. The minimum absolute atomic E-state index is 0.0270. The van der Waals surface area contributed by atoms with Crippen molar-refractivity contribution in [2.45, 2.75) is 26.5 Å². The van der Waals surface area contributed by atoms with Crippen LogP contribution in [-0.2, 0) is 6.54 Å². The number of rotatable bonds is 7. The van der Waals surface area contributed by atoms with Crippen LogP contribution < -0.4 is 10.1 Å². The molecule has 0 spiro atoms. The fraction of sp³-hybridized carbons (Fsp3) is 0.417. The second kappa shape index (κ2) is 6.64. The minimum atomic E-state index is -1.10. The van der Waals surface area contributed by atoms with Crippen molar-refractivity contribution in [3.05, 3.63) is 24.3 Å². The van der Waals surface area contributed by atoms with Crippen LogP contribution in [0.5, 0.6) is 5.88 Å². The molecule has 2 aromatic rings. The second-order valence-corrected chi connectivity index (χ2v) is 4.51. The number of aromatic nitrogens is 5. The number of nitrogens with zero attached hydrogens (tertiary/aromatic N) is 5. The van der Waals surface area contributed by atoms with Crippen molar-refractivity contribution in [2.75, 3.05) is 11.9 Å². The Balaban J connectivity index is 1.86. The lowest BCUT2D eigenvalue weighted by atomic mass is 10.5. The van der Waals surface area contributed by atoms with Crippen LogP contribution in [0.4, 0.5) is 5.82 Å². The quantitative estimate of drug-likeness (QED) is 0.765. The van der Waals surface area contributed by atoms with Crippen molar-refractivity contribution in [1.82, 2.24) is 25.0 Å². The predicted molar refractivity (Wildman–Crippen MR) is 73.3 cm³/mol. The Hall–Kier alpha value is -2.71. The summed E-state index contributed by atoms with van der Waals surface area (Å²) in [5.74, 6) is -0.0748. The molecule has 9 nitrogen and oxygen atoms in total. The molecule has 0 unspecified atom stereocenters. The van der Waals surface area contributed by atoms with Gasteiger partial charge in [0, 0.05) is 6.54 Å². The van der Waals surface area contributed by atoms with E-state index >= 15 is 0 Å². The highest BCUT2D eigenvalue weighted by Crippen LogP contribution is 2.10. The lowest BCUT2D eigenvalue weighted by Crippen LogP contribution is -2.13. The van der Waals surface area contributed by atoms with Crippen LogP contribution in [0.15, 0.2) is 18.6 Å². The van der Waals surface area contributed by atoms with E-state index in [4.69, 9.17) is 9.84 Å². The number of carbonyl (C=O) groups is 1. The van der Waals surface area contributed by atoms with E-state index in [1.807, 2.05) is 13.8 Å². The number of nitrogens with one attached hydrogen (secondary N) is 1. The molecular formula is C12H16N6O3. The van der Waals surface area contributed by atoms with Gasteiger partial charge < -0.3 is 15.2 Å². The van der Waals surface area contributed by atoms with Gasteiger partial charge in [0.1, 0.15) is 5.82 Å². The van der Waals surface area contributed by atoms with Gasteiger partial charge in [-0.05, 0) is 13.8 Å². The highest BCUT2D eigenvalue weighted by Gasteiger charge is 2.08. The summed E-state index contributed by atoms with van der Waals surface area (Å²) in [5, 5.41) is 19.0. The van der Waals surface area contributed by atoms with Gasteiger partial charge in [0.2, 0.25) is 5.88 Å². The summed E-state index contributed by atoms with van der Waals surface area (Å²) in [5.41, 5.74) is -0.0814. The van der Waals surface area contributed by atoms with Gasteiger partial charge in [0.05, 0.1) is 31.2 Å². The molecule has 0 aliphatic carbocycles. The van der Waals surface area contributed by atoms with Crippen LogP contribution in [0.2, 0.25) is 0 Å². The fourth-order valence-electron chi connectivity index (χ4n) is 1.54. The van der Waals surface area contributed by atoms with Crippen molar-refractivity contribution in [3.8, 4) is 5.88 Å². The van der Waals surface area contributed by atoms with Gasteiger partial charge in [-0.1, -0.05) is 5.21 Å². The van der Waals surface area contributed by atoms with Crippen LogP contribution in [0, 0.1) is 0 Å². The van der Waals surface area contributed by atoms with Crippen molar-refractivity contribution >= 4 is 11.8 Å². The molecule has 0 saturated carbocycles. The second-order valence-electron chi connectivity index (χ2n) is 4.51. The van der Waals surface area contributed by atoms with E-state index in [9.17, 15) is 4.79 Å². The first kappa shape index (κ1) is 14.7. The van der Waals surface area contributed by atoms with Crippen molar-refractivity contribution in [3.63, 3.8) is 0 Å². The third-order valence-corrected chi connectivity index (χ3v) is 2.37. The summed E-state index contributed by atoms with van der Waals surface area (Å²) >= 11 is 0. The van der Waals surface area contributed by atoms with E-state index in [0.29, 0.717) is 24.8 Å². The molecule has 0 saturated heterocycles. The molecule has 112 valence electrons. The van der Waals surface area contributed by atoms with E-state index in [1.165, 1.54) is 10.9 Å². The Morgan fingerprint density at radius 2 is 2.29 bits per heavy atom. The summed E-state index contributed by atoms with van der Waals surface area (Å²) in [6, 6.07) is 0. The molecule has 0 bridgehead atoms. The molecule has 0 aliphatic heterocycles. The van der Waals surface area contributed by atoms with Gasteiger partial charge in [-0.2, -0.15) is 4.98 Å². The first-order chi connectivity index (χ1) is 10.0. The Labute approximate surface area is 121 Å². The van der Waals surface area contributed by atoms with Crippen molar-refractivity contribution in [2.24, 2.45) is 0 Å². The maximum atomic E-state index is 10.7. The number of hydrogen-bond acceptors (Lipinski definition) is 7. The Morgan fingerprint density at radius 1 is 1.48 bits per heavy atom. The van der Waals surface area contributed by atoms with Crippen LogP contribution in [0.3, 0.4) is 0 Å². The van der Waals surface area contributed by atoms with Gasteiger partial charge in [-0.15, -0.1) is 5.10 Å². The maximum absolute atomic E-state index is 10.7. The zero-order chi connectivity index (χ0) is 15.2. The Morgan fingerprint density at radius 3 is 2.95 bits per heavy atom. The molecule has 9 heteroatoms. The Bertz CT molecular complexity index is 613. The van der Waals surface area contributed by atoms with E-state index < -0.39 is 5.97 Å². The number of anilines is 1. The number of carboxylic acid groups (broad SMARTS) is 1. The molecule has 0 fully saturated rings. The molecule has 2 aromatic heterocycles. The highest BCUT2D eigenvalue weighted by molar-refractivity contribution is 5.84. The summed E-state index contributed by atoms with van der Waals surface area (Å²) < 4.78 is 6.89. The maximum Gasteiger partial charge on any atom is 0.358 e. The average Bonchev–Trinajstić information content (AvgIpc) is 2.87. The minimum Gasteiger partial charge on any atom is -0.476 e. The van der Waals surface area contributed by atoms with Gasteiger partial charge in [-0.3, -0.25) is 4.98 Å². The third-order valence-electron chi connectivity index (χ3n) is 2.37. The van der Waals surface area contributed by atoms with Crippen LogP contribution in [0.25, 0.3) is 0 Å². The van der Waals surface area contributed by atoms with Gasteiger partial charge >= 0.3 is 5.97 Å². The van der Waals surface area contributed by atoms with Crippen LogP contribution in [0.1, 0.15) is 24.3 Å². The molecule has 21 heavy (non-hydrogen) atoms. The van der Waals surface area contributed by atoms with E-state index in [2.05, 4.69) is 25.6 Å². The molecule has 2 rings (SSSR count). The number of carboxylic acids is 1. The molecule has 0 amide bonds. The van der Waals surface area contributed by atoms with Crippen LogP contribution >= 0.6 is 0 Å². The van der Waals surface area contributed by atoms with E-state index in [1.54, 1.807) is 12.4 Å². The molecule has 0 aromatic carbocycles. The summed E-state index contributed by atoms with van der Waals surface area (Å²) in [6.07, 6.45) is 4.52. The first-order valence-corrected chi connectivity index (χ1v) is 6.40. The number of aromatic carboxylic acids is 1. The lowest BCUT2D eigenvalue weighted by Gasteiger charge is -2.10. The van der Waals surface area contributed by atoms with Crippen molar-refractivity contribution < 1.29 is 14.6 Å². The monoisotopic (exact) mass is 292 g/mol. The molecular weight excluding hydrogens is 276 g/mol. The third kappa shape index (κ3) is 4.41. The molecule has 0 aliphatic rings. The molecule has 0 atom stereocenters. The smallest absolute Gasteiger partial charge is 0.358 e. The normalized spacial score (nSPS) is 10.6. The molecule has 2 heterocycles. The highest BCUT2D eigenvalue weighted by atomic mass is 16.5. The number of ether oxygens (including phenoxy) is 1. The predicted octanol–water partition coefficient (Wildman–Crippen LogP) is 0.666. The van der Waals surface area contributed by atoms with E-state index in [-0.39, 0.29) is 11.8 Å². The lowest BCUT2D eigenvalue weighted by molar-refractivity contribution is 0.0690. The molecule has 0 radical (unpaired) electrons. The molecule has 2 N–H and O–H groups in total. The summed E-state index contributed by atoms with van der Waals surface area (Å²) in [6.45, 7) is 4.78. The standard InChI is InChI=1S/C12H16N6O3/c1-8(2)21-11-6-13-5-10(15-11)14-3-4-18-7-9(12(19)20)16-17-18/h5-8H,3-4H2,1-2H3,(H,14,15)(H,19,20). The van der Waals surface area contributed by atoms with Crippen molar-refractivity contribution in [1.29, 1.82) is 0 Å². The Kier molecular flexibility index (Phi) is 4.64.